The molecule has 3 rings (SSSR count). The molecule has 152 valence electrons. The van der Waals surface area contributed by atoms with Gasteiger partial charge in [0, 0.05) is 36.5 Å². The number of aromatic nitrogens is 2. The van der Waals surface area contributed by atoms with E-state index in [0.29, 0.717) is 42.4 Å². The Morgan fingerprint density at radius 2 is 1.96 bits per heavy atom. The summed E-state index contributed by atoms with van der Waals surface area (Å²) in [5.74, 6) is 0.309. The quantitative estimate of drug-likeness (QED) is 0.728. The fraction of sp³-hybridized carbons (Fsp3) is 0.474. The van der Waals surface area contributed by atoms with Gasteiger partial charge in [-0.05, 0) is 38.0 Å². The normalized spacial score (nSPS) is 15.7. The molecule has 0 atom stereocenters. The van der Waals surface area contributed by atoms with Crippen molar-refractivity contribution in [2.24, 2.45) is 5.92 Å². The smallest absolute Gasteiger partial charge is 0.435 e. The summed E-state index contributed by atoms with van der Waals surface area (Å²) >= 11 is 6.05. The number of halogens is 4. The predicted molar refractivity (Wildman–Crippen MR) is 99.9 cm³/mol. The summed E-state index contributed by atoms with van der Waals surface area (Å²) < 4.78 is 44.7. The number of benzene rings is 1. The van der Waals surface area contributed by atoms with Crippen molar-refractivity contribution in [2.75, 3.05) is 25.1 Å². The number of nitrogens with zero attached hydrogens (tertiary/aromatic N) is 3. The van der Waals surface area contributed by atoms with E-state index in [-0.39, 0.29) is 18.2 Å². The highest BCUT2D eigenvalue weighted by Crippen LogP contribution is 2.32. The molecular formula is C19H21ClF3N3O2. The lowest BCUT2D eigenvalue weighted by molar-refractivity contribution is -0.141. The van der Waals surface area contributed by atoms with Gasteiger partial charge in [-0.25, -0.2) is 0 Å². The SMILES string of the molecule is COc1cc(N2CCC(C(=O)Cn3nc(C(F)(F)F)cc3C)CC2)ccc1Cl. The van der Waals surface area contributed by atoms with E-state index < -0.39 is 11.9 Å². The number of rotatable bonds is 5. The van der Waals surface area contributed by atoms with Crippen LogP contribution >= 0.6 is 11.6 Å². The molecule has 5 nitrogen and oxygen atoms in total. The van der Waals surface area contributed by atoms with E-state index in [2.05, 4.69) is 10.00 Å². The van der Waals surface area contributed by atoms with Crippen LogP contribution in [0.1, 0.15) is 24.2 Å². The van der Waals surface area contributed by atoms with Gasteiger partial charge in [0.25, 0.3) is 0 Å². The average molecular weight is 416 g/mol. The van der Waals surface area contributed by atoms with Crippen LogP contribution < -0.4 is 9.64 Å². The van der Waals surface area contributed by atoms with Crippen LogP contribution in [0.25, 0.3) is 0 Å². The zero-order valence-electron chi connectivity index (χ0n) is 15.6. The van der Waals surface area contributed by atoms with Crippen LogP contribution in [0.5, 0.6) is 5.75 Å². The first-order chi connectivity index (χ1) is 13.2. The number of carbonyl (C=O) groups excluding carboxylic acids is 1. The van der Waals surface area contributed by atoms with Crippen LogP contribution in [0.15, 0.2) is 24.3 Å². The Balaban J connectivity index is 1.61. The fourth-order valence-electron chi connectivity index (χ4n) is 3.39. The second kappa shape index (κ2) is 8.03. The first kappa shape index (κ1) is 20.5. The Kier molecular flexibility index (Phi) is 5.88. The lowest BCUT2D eigenvalue weighted by atomic mass is 9.92. The molecule has 1 aliphatic rings. The van der Waals surface area contributed by atoms with E-state index >= 15 is 0 Å². The van der Waals surface area contributed by atoms with Crippen molar-refractivity contribution in [3.63, 3.8) is 0 Å². The van der Waals surface area contributed by atoms with Crippen molar-refractivity contribution in [1.29, 1.82) is 0 Å². The molecule has 9 heteroatoms. The van der Waals surface area contributed by atoms with Gasteiger partial charge in [-0.3, -0.25) is 9.48 Å². The van der Waals surface area contributed by atoms with E-state index in [9.17, 15) is 18.0 Å². The van der Waals surface area contributed by atoms with E-state index in [0.717, 1.165) is 16.4 Å². The zero-order valence-corrected chi connectivity index (χ0v) is 16.3. The highest BCUT2D eigenvalue weighted by Gasteiger charge is 2.35. The van der Waals surface area contributed by atoms with Gasteiger partial charge in [0.15, 0.2) is 11.5 Å². The number of hydrogen-bond acceptors (Lipinski definition) is 4. The summed E-state index contributed by atoms with van der Waals surface area (Å²) in [6.45, 7) is 2.73. The van der Waals surface area contributed by atoms with Gasteiger partial charge in [0.2, 0.25) is 0 Å². The van der Waals surface area contributed by atoms with Crippen LogP contribution in [0.4, 0.5) is 18.9 Å². The van der Waals surface area contributed by atoms with E-state index in [1.807, 2.05) is 12.1 Å². The number of aryl methyl sites for hydroxylation is 1. The second-order valence-electron chi connectivity index (χ2n) is 6.87. The van der Waals surface area contributed by atoms with Crippen molar-refractivity contribution in [3.8, 4) is 5.75 Å². The number of ketones is 1. The molecule has 1 saturated heterocycles. The highest BCUT2D eigenvalue weighted by molar-refractivity contribution is 6.32. The molecule has 28 heavy (non-hydrogen) atoms. The van der Waals surface area contributed by atoms with Gasteiger partial charge >= 0.3 is 6.18 Å². The largest absolute Gasteiger partial charge is 0.495 e. The third kappa shape index (κ3) is 4.43. The lowest BCUT2D eigenvalue weighted by Crippen LogP contribution is -2.37. The highest BCUT2D eigenvalue weighted by atomic mass is 35.5. The Labute approximate surface area is 166 Å². The number of piperidine rings is 1. The molecule has 0 saturated carbocycles. The summed E-state index contributed by atoms with van der Waals surface area (Å²) in [7, 11) is 1.55. The molecule has 1 aromatic heterocycles. The van der Waals surface area contributed by atoms with Crippen molar-refractivity contribution < 1.29 is 22.7 Å². The monoisotopic (exact) mass is 415 g/mol. The molecule has 0 spiro atoms. The molecule has 0 aliphatic carbocycles. The molecule has 1 aliphatic heterocycles. The van der Waals surface area contributed by atoms with Crippen molar-refractivity contribution >= 4 is 23.1 Å². The molecule has 0 bridgehead atoms. The van der Waals surface area contributed by atoms with Gasteiger partial charge < -0.3 is 9.64 Å². The summed E-state index contributed by atoms with van der Waals surface area (Å²) in [5, 5.41) is 4.07. The minimum atomic E-state index is -4.51. The number of methoxy groups -OCH3 is 1. The molecule has 0 radical (unpaired) electrons. The molecule has 0 unspecified atom stereocenters. The van der Waals surface area contributed by atoms with Gasteiger partial charge in [0.05, 0.1) is 12.1 Å². The first-order valence-electron chi connectivity index (χ1n) is 8.92. The number of Topliss-reactive ketones (excluding diaryl/α,β-unsaturated/α-hetero) is 1. The lowest BCUT2D eigenvalue weighted by Gasteiger charge is -2.33. The molecule has 2 heterocycles. The third-order valence-electron chi connectivity index (χ3n) is 5.03. The summed E-state index contributed by atoms with van der Waals surface area (Å²) in [4.78, 5) is 14.7. The molecular weight excluding hydrogens is 395 g/mol. The minimum absolute atomic E-state index is 0.0896. The first-order valence-corrected chi connectivity index (χ1v) is 9.29. The van der Waals surface area contributed by atoms with E-state index in [1.165, 1.54) is 6.92 Å². The number of hydrogen-bond donors (Lipinski definition) is 0. The van der Waals surface area contributed by atoms with Crippen LogP contribution in [-0.4, -0.2) is 35.8 Å². The standard InChI is InChI=1S/C19H21ClF3N3O2/c1-12-9-18(19(21,22)23)24-26(12)11-16(27)13-5-7-25(8-6-13)14-3-4-15(20)17(10-14)28-2/h3-4,9-10,13H,5-8,11H2,1-2H3. The van der Waals surface area contributed by atoms with Crippen LogP contribution in [-0.2, 0) is 17.5 Å². The van der Waals surface area contributed by atoms with Crippen LogP contribution in [0.3, 0.4) is 0 Å². The van der Waals surface area contributed by atoms with E-state index in [4.69, 9.17) is 16.3 Å². The number of alkyl halides is 3. The third-order valence-corrected chi connectivity index (χ3v) is 5.34. The van der Waals surface area contributed by atoms with Crippen molar-refractivity contribution in [3.05, 3.63) is 40.7 Å². The molecule has 0 amide bonds. The van der Waals surface area contributed by atoms with Gasteiger partial charge in [0.1, 0.15) is 12.3 Å². The van der Waals surface area contributed by atoms with E-state index in [1.54, 1.807) is 13.2 Å². The predicted octanol–water partition coefficient (Wildman–Crippen LogP) is 4.36. The molecule has 1 aromatic carbocycles. The maximum Gasteiger partial charge on any atom is 0.435 e. The van der Waals surface area contributed by atoms with Crippen LogP contribution in [0.2, 0.25) is 5.02 Å². The number of carbonyl (C=O) groups is 1. The van der Waals surface area contributed by atoms with Gasteiger partial charge in [-0.2, -0.15) is 18.3 Å². The molecule has 0 N–H and O–H groups in total. The van der Waals surface area contributed by atoms with Crippen molar-refractivity contribution in [2.45, 2.75) is 32.5 Å². The van der Waals surface area contributed by atoms with Crippen LogP contribution in [0, 0.1) is 12.8 Å². The minimum Gasteiger partial charge on any atom is -0.495 e. The maximum absolute atomic E-state index is 12.8. The number of anilines is 1. The summed E-state index contributed by atoms with van der Waals surface area (Å²) in [5.41, 5.74) is 0.320. The molecule has 1 fully saturated rings. The summed E-state index contributed by atoms with van der Waals surface area (Å²) in [6, 6.07) is 6.49. The van der Waals surface area contributed by atoms with Crippen molar-refractivity contribution in [1.82, 2.24) is 9.78 Å². The Bertz CT molecular complexity index is 859. The summed E-state index contributed by atoms with van der Waals surface area (Å²) in [6.07, 6.45) is -3.24. The van der Waals surface area contributed by atoms with Gasteiger partial charge in [-0.1, -0.05) is 11.6 Å². The Hall–Kier alpha value is -2.22. The Morgan fingerprint density at radius 1 is 1.29 bits per heavy atom. The van der Waals surface area contributed by atoms with Gasteiger partial charge in [-0.15, -0.1) is 0 Å². The second-order valence-corrected chi connectivity index (χ2v) is 7.28. The molecule has 2 aromatic rings. The maximum atomic E-state index is 12.8. The average Bonchev–Trinajstić information content (AvgIpc) is 3.03. The Morgan fingerprint density at radius 3 is 2.54 bits per heavy atom. The number of ether oxygens (including phenoxy) is 1. The zero-order chi connectivity index (χ0) is 20.5. The topological polar surface area (TPSA) is 47.4 Å². The fourth-order valence-corrected chi connectivity index (χ4v) is 3.58.